The monoisotopic (exact) mass is 467 g/mol. The first kappa shape index (κ1) is 20.5. The van der Waals surface area contributed by atoms with E-state index in [4.69, 9.17) is 8.94 Å². The lowest BCUT2D eigenvalue weighted by atomic mass is 10.1. The molecule has 0 N–H and O–H groups in total. The van der Waals surface area contributed by atoms with Gasteiger partial charge in [-0.3, -0.25) is 18.7 Å². The van der Waals surface area contributed by atoms with Crippen molar-refractivity contribution in [1.29, 1.82) is 5.26 Å². The van der Waals surface area contributed by atoms with E-state index < -0.39 is 11.4 Å². The van der Waals surface area contributed by atoms with Crippen LogP contribution in [0.1, 0.15) is 17.0 Å². The summed E-state index contributed by atoms with van der Waals surface area (Å²) in [6, 6.07) is 13.3. The lowest BCUT2D eigenvalue weighted by Gasteiger charge is -2.14. The third-order valence-corrected chi connectivity index (χ3v) is 5.60. The number of benzene rings is 1. The second kappa shape index (κ2) is 7.74. The zero-order valence-electron chi connectivity index (χ0n) is 18.1. The molecule has 35 heavy (non-hydrogen) atoms. The van der Waals surface area contributed by atoms with Crippen molar-refractivity contribution < 1.29 is 13.3 Å². The van der Waals surface area contributed by atoms with Crippen LogP contribution in [0.25, 0.3) is 39.7 Å². The molecule has 5 heterocycles. The van der Waals surface area contributed by atoms with Gasteiger partial charge in [0.25, 0.3) is 11.4 Å². The first-order chi connectivity index (χ1) is 17.0. The predicted octanol–water partition coefficient (Wildman–Crippen LogP) is 3.72. The number of nitriles is 1. The van der Waals surface area contributed by atoms with Gasteiger partial charge in [0.2, 0.25) is 5.82 Å². The number of aryl methyl sites for hydroxylation is 1. The summed E-state index contributed by atoms with van der Waals surface area (Å²) < 4.78 is 28.3. The lowest BCUT2D eigenvalue weighted by molar-refractivity contribution is 0.414. The standard InChI is InChI=1S/C24H14FN7O3/c1-13-5-8-18(34-13)23-29-22(30-35-23)19-21-24(33)31(11-14-4-2-3-9-27-14)20-15(10-26)16(25)6-7-17(20)32(21)12-28-19/h2-9,12H,11H2,1H3. The van der Waals surface area contributed by atoms with Crippen LogP contribution < -0.4 is 5.56 Å². The number of rotatable bonds is 4. The van der Waals surface area contributed by atoms with Gasteiger partial charge in [0, 0.05) is 6.20 Å². The van der Waals surface area contributed by atoms with Gasteiger partial charge in [-0.2, -0.15) is 10.2 Å². The van der Waals surface area contributed by atoms with Gasteiger partial charge in [-0.1, -0.05) is 11.2 Å². The Kier molecular flexibility index (Phi) is 4.53. The van der Waals surface area contributed by atoms with Crippen LogP contribution in [0.4, 0.5) is 4.39 Å². The van der Waals surface area contributed by atoms with Crippen LogP contribution in [0.2, 0.25) is 0 Å². The lowest BCUT2D eigenvalue weighted by Crippen LogP contribution is -2.25. The van der Waals surface area contributed by atoms with Crippen molar-refractivity contribution >= 4 is 16.6 Å². The molecule has 0 saturated heterocycles. The van der Waals surface area contributed by atoms with E-state index in [2.05, 4.69) is 20.1 Å². The van der Waals surface area contributed by atoms with Gasteiger partial charge in [-0.25, -0.2) is 9.37 Å². The number of hydrogen-bond acceptors (Lipinski definition) is 8. The highest BCUT2D eigenvalue weighted by Crippen LogP contribution is 2.28. The summed E-state index contributed by atoms with van der Waals surface area (Å²) in [6.45, 7) is 1.80. The minimum Gasteiger partial charge on any atom is -0.456 e. The average Bonchev–Trinajstić information content (AvgIpc) is 3.61. The summed E-state index contributed by atoms with van der Waals surface area (Å²) in [7, 11) is 0. The number of nitrogens with zero attached hydrogens (tertiary/aromatic N) is 7. The van der Waals surface area contributed by atoms with Gasteiger partial charge in [-0.15, -0.1) is 0 Å². The minimum atomic E-state index is -0.731. The summed E-state index contributed by atoms with van der Waals surface area (Å²) >= 11 is 0. The second-order valence-corrected chi connectivity index (χ2v) is 7.76. The Morgan fingerprint density at radius 2 is 2.00 bits per heavy atom. The maximum absolute atomic E-state index is 14.6. The van der Waals surface area contributed by atoms with Crippen molar-refractivity contribution in [3.63, 3.8) is 0 Å². The Labute approximate surface area is 195 Å². The van der Waals surface area contributed by atoms with E-state index in [9.17, 15) is 14.4 Å². The third kappa shape index (κ3) is 3.19. The molecule has 0 bridgehead atoms. The molecule has 0 atom stereocenters. The molecule has 11 heteroatoms. The Morgan fingerprint density at radius 3 is 2.74 bits per heavy atom. The molecule has 0 spiro atoms. The fraction of sp³-hybridized carbons (Fsp3) is 0.0833. The summed E-state index contributed by atoms with van der Waals surface area (Å²) in [5.41, 5.74) is 0.668. The molecule has 0 aliphatic carbocycles. The van der Waals surface area contributed by atoms with Crippen LogP contribution in [0.5, 0.6) is 0 Å². The molecule has 5 aromatic heterocycles. The van der Waals surface area contributed by atoms with Gasteiger partial charge < -0.3 is 8.94 Å². The summed E-state index contributed by atoms with van der Waals surface area (Å²) in [5, 5.41) is 13.7. The Balaban J connectivity index is 1.63. The zero-order chi connectivity index (χ0) is 24.1. The zero-order valence-corrected chi connectivity index (χ0v) is 18.1. The Hall–Kier alpha value is -5.11. The molecule has 0 radical (unpaired) electrons. The van der Waals surface area contributed by atoms with E-state index in [1.807, 2.05) is 6.07 Å². The molecule has 0 saturated carbocycles. The number of hydrogen-bond donors (Lipinski definition) is 0. The van der Waals surface area contributed by atoms with Gasteiger partial charge in [-0.05, 0) is 43.3 Å². The molecule has 10 nitrogen and oxygen atoms in total. The van der Waals surface area contributed by atoms with E-state index in [-0.39, 0.29) is 40.6 Å². The molecule has 6 rings (SSSR count). The topological polar surface area (TPSA) is 128 Å². The molecule has 0 aliphatic rings. The second-order valence-electron chi connectivity index (χ2n) is 7.76. The highest BCUT2D eigenvalue weighted by Gasteiger charge is 2.24. The van der Waals surface area contributed by atoms with Crippen molar-refractivity contribution in [2.75, 3.05) is 0 Å². The Morgan fingerprint density at radius 1 is 1.11 bits per heavy atom. The molecule has 0 aliphatic heterocycles. The van der Waals surface area contributed by atoms with E-state index in [0.717, 1.165) is 0 Å². The fourth-order valence-electron chi connectivity index (χ4n) is 4.03. The van der Waals surface area contributed by atoms with E-state index in [0.29, 0.717) is 22.7 Å². The first-order valence-electron chi connectivity index (χ1n) is 10.5. The fourth-order valence-corrected chi connectivity index (χ4v) is 4.03. The van der Waals surface area contributed by atoms with Crippen LogP contribution in [0.15, 0.2) is 68.7 Å². The van der Waals surface area contributed by atoms with Gasteiger partial charge >= 0.3 is 0 Å². The maximum atomic E-state index is 14.6. The molecular formula is C24H14FN7O3. The van der Waals surface area contributed by atoms with Crippen molar-refractivity contribution in [3.8, 4) is 29.2 Å². The van der Waals surface area contributed by atoms with Gasteiger partial charge in [0.15, 0.2) is 5.76 Å². The summed E-state index contributed by atoms with van der Waals surface area (Å²) in [4.78, 5) is 26.8. The van der Waals surface area contributed by atoms with Crippen LogP contribution in [-0.2, 0) is 6.54 Å². The van der Waals surface area contributed by atoms with Crippen molar-refractivity contribution in [3.05, 3.63) is 88.2 Å². The number of halogens is 1. The van der Waals surface area contributed by atoms with Crippen molar-refractivity contribution in [2.45, 2.75) is 13.5 Å². The molecule has 0 amide bonds. The van der Waals surface area contributed by atoms with Crippen molar-refractivity contribution in [1.82, 2.24) is 29.1 Å². The van der Waals surface area contributed by atoms with Crippen LogP contribution >= 0.6 is 0 Å². The van der Waals surface area contributed by atoms with Crippen molar-refractivity contribution in [2.24, 2.45) is 0 Å². The average molecular weight is 467 g/mol. The maximum Gasteiger partial charge on any atom is 0.293 e. The van der Waals surface area contributed by atoms with Crippen LogP contribution in [0.3, 0.4) is 0 Å². The number of fused-ring (bicyclic) bond motifs is 3. The summed E-state index contributed by atoms with van der Waals surface area (Å²) in [5.74, 6) is 0.552. The quantitative estimate of drug-likeness (QED) is 0.384. The van der Waals surface area contributed by atoms with Crippen LogP contribution in [0, 0.1) is 24.1 Å². The summed E-state index contributed by atoms with van der Waals surface area (Å²) in [6.07, 6.45) is 3.00. The van der Waals surface area contributed by atoms with E-state index in [1.165, 1.54) is 27.4 Å². The number of imidazole rings is 1. The highest BCUT2D eigenvalue weighted by molar-refractivity contribution is 5.87. The molecule has 170 valence electrons. The van der Waals surface area contributed by atoms with Gasteiger partial charge in [0.1, 0.15) is 40.7 Å². The number of furan rings is 1. The molecule has 1 aromatic carbocycles. The molecule has 6 aromatic rings. The highest BCUT2D eigenvalue weighted by atomic mass is 19.1. The SMILES string of the molecule is Cc1ccc(-c2nc(-c3ncn4c3c(=O)n(Cc3ccccn3)c3c(C#N)c(F)ccc34)no2)o1. The molecule has 0 fully saturated rings. The third-order valence-electron chi connectivity index (χ3n) is 5.60. The normalized spacial score (nSPS) is 11.3. The predicted molar refractivity (Wildman–Crippen MR) is 121 cm³/mol. The largest absolute Gasteiger partial charge is 0.456 e. The van der Waals surface area contributed by atoms with E-state index >= 15 is 0 Å². The number of pyridine rings is 1. The molecular weight excluding hydrogens is 453 g/mol. The van der Waals surface area contributed by atoms with E-state index in [1.54, 1.807) is 43.5 Å². The first-order valence-corrected chi connectivity index (χ1v) is 10.5. The minimum absolute atomic E-state index is 0.0125. The van der Waals surface area contributed by atoms with Gasteiger partial charge in [0.05, 0.1) is 23.3 Å². The van der Waals surface area contributed by atoms with Crippen LogP contribution in [-0.4, -0.2) is 29.1 Å². The smallest absolute Gasteiger partial charge is 0.293 e. The Bertz CT molecular complexity index is 1840. The number of aromatic nitrogens is 6. The molecule has 0 unspecified atom stereocenters.